The van der Waals surface area contributed by atoms with Crippen molar-refractivity contribution >= 4 is 0 Å². The fraction of sp³-hybridized carbons (Fsp3) is 0.667. The summed E-state index contributed by atoms with van der Waals surface area (Å²) in [6, 6.07) is 5.17. The van der Waals surface area contributed by atoms with E-state index in [1.165, 1.54) is 31.2 Å². The largest absolute Gasteiger partial charge is 0.375 e. The van der Waals surface area contributed by atoms with Crippen LogP contribution in [0.1, 0.15) is 56.1 Å². The van der Waals surface area contributed by atoms with Crippen molar-refractivity contribution in [3.8, 4) is 0 Å². The Bertz CT molecular complexity index is 552. The van der Waals surface area contributed by atoms with Gasteiger partial charge in [0.25, 0.3) is 0 Å². The van der Waals surface area contributed by atoms with Gasteiger partial charge >= 0.3 is 0 Å². The third kappa shape index (κ3) is 2.13. The molecule has 1 heterocycles. The predicted molar refractivity (Wildman–Crippen MR) is 80.5 cm³/mol. The smallest absolute Gasteiger partial charge is 0.123 e. The van der Waals surface area contributed by atoms with Crippen molar-refractivity contribution in [1.29, 1.82) is 0 Å². The van der Waals surface area contributed by atoms with Gasteiger partial charge in [-0.15, -0.1) is 0 Å². The molecule has 1 aromatic rings. The third-order valence-corrected chi connectivity index (χ3v) is 6.11. The number of nitrogens with two attached hydrogens (primary N) is 1. The average Bonchev–Trinajstić information content (AvgIpc) is 3.05. The van der Waals surface area contributed by atoms with Crippen LogP contribution in [0.5, 0.6) is 0 Å². The van der Waals surface area contributed by atoms with Crippen molar-refractivity contribution in [3.63, 3.8) is 0 Å². The molecule has 1 saturated heterocycles. The molecule has 0 amide bonds. The molecule has 2 N–H and O–H groups in total. The fourth-order valence-electron chi connectivity index (χ4n) is 4.96. The van der Waals surface area contributed by atoms with Crippen LogP contribution < -0.4 is 5.73 Å². The fourth-order valence-corrected chi connectivity index (χ4v) is 4.96. The first-order valence-electron chi connectivity index (χ1n) is 8.33. The summed E-state index contributed by atoms with van der Waals surface area (Å²) in [4.78, 5) is 0. The predicted octanol–water partition coefficient (Wildman–Crippen LogP) is 3.67. The van der Waals surface area contributed by atoms with Crippen LogP contribution in [0.4, 0.5) is 4.39 Å². The van der Waals surface area contributed by atoms with E-state index in [0.717, 1.165) is 37.9 Å². The quantitative estimate of drug-likeness (QED) is 0.856. The first-order valence-corrected chi connectivity index (χ1v) is 8.33. The first-order chi connectivity index (χ1) is 10.1. The minimum absolute atomic E-state index is 0.0953. The van der Waals surface area contributed by atoms with E-state index in [-0.39, 0.29) is 17.0 Å². The minimum Gasteiger partial charge on any atom is -0.375 e. The monoisotopic (exact) mass is 289 g/mol. The number of hydrogen-bond donors (Lipinski definition) is 1. The summed E-state index contributed by atoms with van der Waals surface area (Å²) in [5.41, 5.74) is 8.99. The zero-order valence-electron chi connectivity index (χ0n) is 12.5. The topological polar surface area (TPSA) is 35.2 Å². The molecule has 1 aromatic carbocycles. The van der Waals surface area contributed by atoms with E-state index in [0.29, 0.717) is 5.92 Å². The standard InChI is InChI=1S/C18H24FNO/c19-15-3-4-16-13(11-15)5-9-18(16,20)14-6-10-21-17(12-14)7-1-2-8-17/h3-4,11,14H,1-2,5-10,12,20H2. The van der Waals surface area contributed by atoms with Gasteiger partial charge in [-0.25, -0.2) is 4.39 Å². The molecular formula is C18H24FNO. The van der Waals surface area contributed by atoms with E-state index in [2.05, 4.69) is 0 Å². The lowest BCUT2D eigenvalue weighted by atomic mass is 9.71. The summed E-state index contributed by atoms with van der Waals surface area (Å²) in [5.74, 6) is 0.327. The molecule has 0 radical (unpaired) electrons. The van der Waals surface area contributed by atoms with Crippen molar-refractivity contribution in [2.75, 3.05) is 6.61 Å². The van der Waals surface area contributed by atoms with E-state index >= 15 is 0 Å². The van der Waals surface area contributed by atoms with Gasteiger partial charge in [0.15, 0.2) is 0 Å². The summed E-state index contributed by atoms with van der Waals surface area (Å²) in [5, 5.41) is 0. The van der Waals surface area contributed by atoms with Crippen LogP contribution in [0.3, 0.4) is 0 Å². The molecule has 1 aliphatic heterocycles. The number of aryl methyl sites for hydroxylation is 1. The maximum atomic E-state index is 13.4. The van der Waals surface area contributed by atoms with Crippen molar-refractivity contribution in [1.82, 2.24) is 0 Å². The lowest BCUT2D eigenvalue weighted by Crippen LogP contribution is -2.49. The summed E-state index contributed by atoms with van der Waals surface area (Å²) >= 11 is 0. The molecule has 0 aromatic heterocycles. The lowest BCUT2D eigenvalue weighted by molar-refractivity contribution is -0.105. The van der Waals surface area contributed by atoms with Crippen LogP contribution in [-0.2, 0) is 16.7 Å². The van der Waals surface area contributed by atoms with E-state index < -0.39 is 0 Å². The van der Waals surface area contributed by atoms with E-state index in [9.17, 15) is 4.39 Å². The zero-order chi connectivity index (χ0) is 14.5. The van der Waals surface area contributed by atoms with Gasteiger partial charge in [0, 0.05) is 12.1 Å². The highest BCUT2D eigenvalue weighted by molar-refractivity contribution is 5.39. The van der Waals surface area contributed by atoms with Crippen molar-refractivity contribution in [2.45, 2.75) is 62.5 Å². The first kappa shape index (κ1) is 13.7. The van der Waals surface area contributed by atoms with Crippen LogP contribution in [0.2, 0.25) is 0 Å². The molecule has 1 spiro atoms. The Morgan fingerprint density at radius 2 is 2.00 bits per heavy atom. The van der Waals surface area contributed by atoms with E-state index in [1.54, 1.807) is 12.1 Å². The Kier molecular flexibility index (Phi) is 3.13. The van der Waals surface area contributed by atoms with E-state index in [1.807, 2.05) is 6.07 Å². The highest BCUT2D eigenvalue weighted by atomic mass is 19.1. The van der Waals surface area contributed by atoms with Gasteiger partial charge in [-0.05, 0) is 67.7 Å². The highest BCUT2D eigenvalue weighted by Gasteiger charge is 2.48. The molecule has 2 nitrogen and oxygen atoms in total. The second kappa shape index (κ2) is 4.79. The molecule has 0 bridgehead atoms. The maximum absolute atomic E-state index is 13.4. The molecular weight excluding hydrogens is 265 g/mol. The molecule has 2 fully saturated rings. The highest BCUT2D eigenvalue weighted by Crippen LogP contribution is 2.50. The van der Waals surface area contributed by atoms with Gasteiger partial charge in [0.05, 0.1) is 5.60 Å². The molecule has 2 atom stereocenters. The molecule has 21 heavy (non-hydrogen) atoms. The number of ether oxygens (including phenoxy) is 1. The Morgan fingerprint density at radius 3 is 2.81 bits per heavy atom. The van der Waals surface area contributed by atoms with E-state index in [4.69, 9.17) is 10.5 Å². The van der Waals surface area contributed by atoms with Crippen LogP contribution in [0.15, 0.2) is 18.2 Å². The Morgan fingerprint density at radius 1 is 1.19 bits per heavy atom. The zero-order valence-corrected chi connectivity index (χ0v) is 12.5. The normalized spacial score (nSPS) is 34.3. The summed E-state index contributed by atoms with van der Waals surface area (Å²) in [6.45, 7) is 0.833. The van der Waals surface area contributed by atoms with Gasteiger partial charge in [0.2, 0.25) is 0 Å². The molecule has 1 saturated carbocycles. The Hall–Kier alpha value is -0.930. The number of benzene rings is 1. The molecule has 3 heteroatoms. The minimum atomic E-state index is -0.275. The van der Waals surface area contributed by atoms with Crippen LogP contribution in [-0.4, -0.2) is 12.2 Å². The Balaban J connectivity index is 1.64. The van der Waals surface area contributed by atoms with Crippen LogP contribution >= 0.6 is 0 Å². The second-order valence-corrected chi connectivity index (χ2v) is 7.27. The maximum Gasteiger partial charge on any atom is 0.123 e. The van der Waals surface area contributed by atoms with Gasteiger partial charge in [-0.3, -0.25) is 0 Å². The van der Waals surface area contributed by atoms with Gasteiger partial charge < -0.3 is 10.5 Å². The van der Waals surface area contributed by atoms with Crippen molar-refractivity contribution in [2.24, 2.45) is 11.7 Å². The van der Waals surface area contributed by atoms with Gasteiger partial charge in [-0.1, -0.05) is 18.9 Å². The number of rotatable bonds is 1. The van der Waals surface area contributed by atoms with Crippen LogP contribution in [0.25, 0.3) is 0 Å². The number of fused-ring (bicyclic) bond motifs is 1. The third-order valence-electron chi connectivity index (χ3n) is 6.11. The SMILES string of the molecule is NC1(C2CCOC3(CCCC3)C2)CCc2cc(F)ccc21. The Labute approximate surface area is 125 Å². The number of halogens is 1. The van der Waals surface area contributed by atoms with Crippen molar-refractivity contribution in [3.05, 3.63) is 35.1 Å². The summed E-state index contributed by atoms with van der Waals surface area (Å²) in [7, 11) is 0. The number of hydrogen-bond acceptors (Lipinski definition) is 2. The molecule has 2 aliphatic carbocycles. The second-order valence-electron chi connectivity index (χ2n) is 7.27. The van der Waals surface area contributed by atoms with Crippen LogP contribution in [0, 0.1) is 11.7 Å². The van der Waals surface area contributed by atoms with Gasteiger partial charge in [0.1, 0.15) is 5.82 Å². The molecule has 2 unspecified atom stereocenters. The van der Waals surface area contributed by atoms with Gasteiger partial charge in [-0.2, -0.15) is 0 Å². The molecule has 4 rings (SSSR count). The molecule has 3 aliphatic rings. The lowest BCUT2D eigenvalue weighted by Gasteiger charge is -2.45. The average molecular weight is 289 g/mol. The summed E-state index contributed by atoms with van der Waals surface area (Å²) < 4.78 is 19.6. The molecule has 114 valence electrons. The van der Waals surface area contributed by atoms with Crippen molar-refractivity contribution < 1.29 is 9.13 Å². The summed E-state index contributed by atoms with van der Waals surface area (Å²) in [6.07, 6.45) is 8.93.